The number of nitrogens with two attached hydrogens (primary N) is 1. The number of hydrogen-bond donors (Lipinski definition) is 3. The van der Waals surface area contributed by atoms with Gasteiger partial charge in [-0.3, -0.25) is 0 Å². The zero-order valence-electron chi connectivity index (χ0n) is 17.7. The fraction of sp³-hybridized carbons (Fsp3) is 0.160. The van der Waals surface area contributed by atoms with Crippen LogP contribution in [-0.2, 0) is 4.74 Å². The third-order valence-corrected chi connectivity index (χ3v) is 5.72. The molecule has 0 saturated carbocycles. The molecule has 164 valence electrons. The number of esters is 1. The monoisotopic (exact) mass is 451 g/mol. The van der Waals surface area contributed by atoms with Gasteiger partial charge < -0.3 is 25.2 Å². The Morgan fingerprint density at radius 3 is 2.53 bits per heavy atom. The minimum Gasteiger partial charge on any atom is -0.507 e. The number of quaternary nitrogens is 1. The average Bonchev–Trinajstić information content (AvgIpc) is 2.83. The molecule has 0 fully saturated rings. The largest absolute Gasteiger partial charge is 0.507 e. The molecule has 4 N–H and O–H groups in total. The molecular weight excluding hydrogens is 428 g/mol. The number of benzene rings is 3. The predicted octanol–water partition coefficient (Wildman–Crippen LogP) is 3.79. The minimum atomic E-state index is -0.377. The highest BCUT2D eigenvalue weighted by Gasteiger charge is 2.29. The number of ether oxygens (including phenoxy) is 2. The Balaban J connectivity index is 1.73. The summed E-state index contributed by atoms with van der Waals surface area (Å²) in [6, 6.07) is 20.1. The van der Waals surface area contributed by atoms with Crippen LogP contribution in [-0.4, -0.2) is 25.3 Å². The van der Waals surface area contributed by atoms with E-state index in [0.717, 1.165) is 28.1 Å². The van der Waals surface area contributed by atoms with Gasteiger partial charge in [-0.15, -0.1) is 0 Å². The van der Waals surface area contributed by atoms with E-state index in [9.17, 15) is 9.90 Å². The van der Waals surface area contributed by atoms with Crippen molar-refractivity contribution < 1.29 is 24.7 Å². The van der Waals surface area contributed by atoms with Crippen LogP contribution in [0.5, 0.6) is 11.5 Å². The highest BCUT2D eigenvalue weighted by molar-refractivity contribution is 6.30. The summed E-state index contributed by atoms with van der Waals surface area (Å²) in [5.41, 5.74) is 4.10. The molecule has 0 spiro atoms. The van der Waals surface area contributed by atoms with Gasteiger partial charge in [0.2, 0.25) is 0 Å². The van der Waals surface area contributed by atoms with E-state index in [1.807, 2.05) is 42.5 Å². The minimum absolute atomic E-state index is 0.140. The van der Waals surface area contributed by atoms with Crippen molar-refractivity contribution in [3.8, 4) is 11.5 Å². The van der Waals surface area contributed by atoms with Gasteiger partial charge in [-0.2, -0.15) is 0 Å². The molecule has 3 aromatic carbocycles. The van der Waals surface area contributed by atoms with Crippen LogP contribution in [0, 0.1) is 0 Å². The lowest BCUT2D eigenvalue weighted by molar-refractivity contribution is -0.731. The van der Waals surface area contributed by atoms with Gasteiger partial charge in [0.25, 0.3) is 0 Å². The Hall–Kier alpha value is -3.48. The van der Waals surface area contributed by atoms with Crippen LogP contribution in [0.1, 0.15) is 39.3 Å². The Morgan fingerprint density at radius 1 is 1.06 bits per heavy atom. The topological polar surface area (TPSA) is 84.4 Å². The molecule has 0 amide bonds. The van der Waals surface area contributed by atoms with E-state index < -0.39 is 0 Å². The highest BCUT2D eigenvalue weighted by Crippen LogP contribution is 2.31. The maximum Gasteiger partial charge on any atom is 0.337 e. The molecule has 32 heavy (non-hydrogen) atoms. The first kappa shape index (κ1) is 21.7. The molecule has 1 heterocycles. The van der Waals surface area contributed by atoms with Crippen molar-refractivity contribution in [3.63, 3.8) is 0 Å². The van der Waals surface area contributed by atoms with E-state index in [1.54, 1.807) is 31.4 Å². The van der Waals surface area contributed by atoms with Gasteiger partial charge in [-0.1, -0.05) is 35.9 Å². The van der Waals surface area contributed by atoms with E-state index in [2.05, 4.69) is 16.7 Å². The summed E-state index contributed by atoms with van der Waals surface area (Å²) < 4.78 is 10.2. The van der Waals surface area contributed by atoms with E-state index in [4.69, 9.17) is 21.1 Å². The molecule has 2 unspecified atom stereocenters. The number of nitrogens with one attached hydrogen (secondary N) is 1. The Morgan fingerprint density at radius 2 is 1.84 bits per heavy atom. The fourth-order valence-corrected chi connectivity index (χ4v) is 3.97. The number of hydrogen-bond acceptors (Lipinski definition) is 5. The van der Waals surface area contributed by atoms with Gasteiger partial charge >= 0.3 is 5.97 Å². The molecule has 3 aromatic rings. The van der Waals surface area contributed by atoms with Crippen molar-refractivity contribution in [2.75, 3.05) is 14.2 Å². The molecule has 0 bridgehead atoms. The zero-order valence-corrected chi connectivity index (χ0v) is 18.5. The zero-order chi connectivity index (χ0) is 22.7. The molecule has 0 aliphatic carbocycles. The maximum atomic E-state index is 11.8. The third-order valence-electron chi connectivity index (χ3n) is 5.48. The molecule has 0 radical (unpaired) electrons. The van der Waals surface area contributed by atoms with Gasteiger partial charge in [-0.05, 0) is 42.5 Å². The molecule has 2 atom stereocenters. The van der Waals surface area contributed by atoms with Crippen molar-refractivity contribution in [3.05, 3.63) is 100 Å². The fourth-order valence-electron chi connectivity index (χ4n) is 3.81. The Kier molecular flexibility index (Phi) is 6.35. The SMILES string of the molecule is COC(=O)c1ccc(C2NC(c3cccc(OC)c3)=CC(c3ccc(Cl)cc3O)[NH2+]2)cc1. The van der Waals surface area contributed by atoms with Crippen molar-refractivity contribution >= 4 is 23.3 Å². The number of phenols is 1. The van der Waals surface area contributed by atoms with Crippen LogP contribution in [0.4, 0.5) is 0 Å². The standard InChI is InChI=1S/C25H23ClN2O4/c1-31-19-5-3-4-17(12-19)21-14-22(20-11-10-18(26)13-23(20)29)28-24(27-21)15-6-8-16(9-7-15)25(30)32-2/h3-14,22,24,27-29H,1-2H3/p+1. The third kappa shape index (κ3) is 4.56. The molecule has 1 aliphatic heterocycles. The highest BCUT2D eigenvalue weighted by atomic mass is 35.5. The number of halogens is 1. The van der Waals surface area contributed by atoms with Crippen molar-refractivity contribution in [2.45, 2.75) is 12.2 Å². The molecule has 6 nitrogen and oxygen atoms in total. The summed E-state index contributed by atoms with van der Waals surface area (Å²) in [5.74, 6) is 0.518. The second-order valence-electron chi connectivity index (χ2n) is 7.47. The number of phenolic OH excluding ortho intramolecular Hbond substituents is 1. The van der Waals surface area contributed by atoms with Crippen molar-refractivity contribution in [1.29, 1.82) is 0 Å². The first-order valence-electron chi connectivity index (χ1n) is 10.1. The number of carbonyl (C=O) groups excluding carboxylic acids is 1. The van der Waals surface area contributed by atoms with Crippen LogP contribution in [0.25, 0.3) is 5.70 Å². The van der Waals surface area contributed by atoms with Crippen LogP contribution >= 0.6 is 11.6 Å². The Labute approximate surface area is 191 Å². The quantitative estimate of drug-likeness (QED) is 0.514. The van der Waals surface area contributed by atoms with E-state index in [-0.39, 0.29) is 23.9 Å². The van der Waals surface area contributed by atoms with Crippen LogP contribution in [0.2, 0.25) is 5.02 Å². The second-order valence-corrected chi connectivity index (χ2v) is 7.91. The van der Waals surface area contributed by atoms with Crippen molar-refractivity contribution in [2.24, 2.45) is 0 Å². The van der Waals surface area contributed by atoms with Gasteiger partial charge in [0.1, 0.15) is 17.5 Å². The van der Waals surface area contributed by atoms with Gasteiger partial charge in [-0.25, -0.2) is 4.79 Å². The number of methoxy groups -OCH3 is 2. The van der Waals surface area contributed by atoms with E-state index in [1.165, 1.54) is 7.11 Å². The molecule has 1 aliphatic rings. The van der Waals surface area contributed by atoms with Gasteiger partial charge in [0, 0.05) is 27.9 Å². The first-order valence-corrected chi connectivity index (χ1v) is 10.5. The van der Waals surface area contributed by atoms with E-state index >= 15 is 0 Å². The number of carbonyl (C=O) groups is 1. The summed E-state index contributed by atoms with van der Waals surface area (Å²) >= 11 is 6.04. The van der Waals surface area contributed by atoms with Gasteiger partial charge in [0.15, 0.2) is 6.17 Å². The summed E-state index contributed by atoms with van der Waals surface area (Å²) in [5, 5.41) is 16.7. The summed E-state index contributed by atoms with van der Waals surface area (Å²) in [6.07, 6.45) is 1.91. The molecule has 0 saturated heterocycles. The summed E-state index contributed by atoms with van der Waals surface area (Å²) in [7, 11) is 3.00. The maximum absolute atomic E-state index is 11.8. The molecule has 4 rings (SSSR count). The molecule has 0 aromatic heterocycles. The lowest BCUT2D eigenvalue weighted by Gasteiger charge is -2.30. The summed E-state index contributed by atoms with van der Waals surface area (Å²) in [6.45, 7) is 0. The predicted molar refractivity (Wildman–Crippen MR) is 122 cm³/mol. The first-order chi connectivity index (χ1) is 15.5. The summed E-state index contributed by atoms with van der Waals surface area (Å²) in [4.78, 5) is 11.8. The normalized spacial score (nSPS) is 17.8. The second kappa shape index (κ2) is 9.34. The van der Waals surface area contributed by atoms with Crippen molar-refractivity contribution in [1.82, 2.24) is 5.32 Å². The number of aromatic hydroxyl groups is 1. The smallest absolute Gasteiger partial charge is 0.337 e. The average molecular weight is 452 g/mol. The lowest BCUT2D eigenvalue weighted by Crippen LogP contribution is -2.89. The van der Waals surface area contributed by atoms with Gasteiger partial charge in [0.05, 0.1) is 25.3 Å². The molecular formula is C25H24ClN2O4+. The molecule has 7 heteroatoms. The van der Waals surface area contributed by atoms with Crippen LogP contribution < -0.4 is 15.4 Å². The lowest BCUT2D eigenvalue weighted by atomic mass is 9.97. The van der Waals surface area contributed by atoms with Crippen LogP contribution in [0.3, 0.4) is 0 Å². The van der Waals surface area contributed by atoms with Crippen LogP contribution in [0.15, 0.2) is 72.8 Å². The number of rotatable bonds is 5. The Bertz CT molecular complexity index is 1160. The van der Waals surface area contributed by atoms with E-state index in [0.29, 0.717) is 10.6 Å².